The van der Waals surface area contributed by atoms with E-state index in [0.717, 1.165) is 16.8 Å². The SMILES string of the molecule is Cc1ccccc1NC(=O)Cc1nc(-c2cccnc2)oc1C. The number of amides is 1. The molecule has 0 radical (unpaired) electrons. The zero-order valence-electron chi connectivity index (χ0n) is 13.0. The molecule has 1 amide bonds. The molecule has 23 heavy (non-hydrogen) atoms. The monoisotopic (exact) mass is 307 g/mol. The number of aryl methyl sites for hydroxylation is 2. The molecule has 5 heteroatoms. The lowest BCUT2D eigenvalue weighted by molar-refractivity contribution is -0.115. The predicted octanol–water partition coefficient (Wildman–Crippen LogP) is 3.53. The number of hydrogen-bond acceptors (Lipinski definition) is 4. The number of carbonyl (C=O) groups is 1. The normalized spacial score (nSPS) is 10.5. The first-order valence-electron chi connectivity index (χ1n) is 7.35. The molecule has 1 aromatic carbocycles. The maximum atomic E-state index is 12.2. The van der Waals surface area contributed by atoms with Crippen molar-refractivity contribution in [3.63, 3.8) is 0 Å². The van der Waals surface area contributed by atoms with Crippen LogP contribution in [0.1, 0.15) is 17.0 Å². The van der Waals surface area contributed by atoms with Crippen molar-refractivity contribution in [3.8, 4) is 11.5 Å². The minimum atomic E-state index is -0.117. The molecule has 116 valence electrons. The number of para-hydroxylation sites is 1. The summed E-state index contributed by atoms with van der Waals surface area (Å²) in [6, 6.07) is 11.4. The van der Waals surface area contributed by atoms with Gasteiger partial charge in [-0.15, -0.1) is 0 Å². The number of anilines is 1. The Morgan fingerprint density at radius 2 is 2.00 bits per heavy atom. The summed E-state index contributed by atoms with van der Waals surface area (Å²) < 4.78 is 5.64. The van der Waals surface area contributed by atoms with Gasteiger partial charge in [-0.2, -0.15) is 0 Å². The average Bonchev–Trinajstić information content (AvgIpc) is 2.91. The molecule has 2 heterocycles. The highest BCUT2D eigenvalue weighted by atomic mass is 16.4. The fraction of sp³-hybridized carbons (Fsp3) is 0.167. The fourth-order valence-electron chi connectivity index (χ4n) is 2.26. The van der Waals surface area contributed by atoms with Crippen LogP contribution >= 0.6 is 0 Å². The van der Waals surface area contributed by atoms with E-state index >= 15 is 0 Å². The summed E-state index contributed by atoms with van der Waals surface area (Å²) in [4.78, 5) is 20.7. The van der Waals surface area contributed by atoms with Gasteiger partial charge in [0.1, 0.15) is 5.76 Å². The van der Waals surface area contributed by atoms with Crippen LogP contribution in [0.15, 0.2) is 53.2 Å². The predicted molar refractivity (Wildman–Crippen MR) is 88.0 cm³/mol. The average molecular weight is 307 g/mol. The summed E-state index contributed by atoms with van der Waals surface area (Å²) in [5, 5.41) is 2.90. The smallest absolute Gasteiger partial charge is 0.230 e. The molecule has 0 aliphatic rings. The number of carbonyl (C=O) groups excluding carboxylic acids is 1. The summed E-state index contributed by atoms with van der Waals surface area (Å²) in [7, 11) is 0. The Hall–Kier alpha value is -2.95. The molecule has 3 rings (SSSR count). The molecule has 0 bridgehead atoms. The maximum absolute atomic E-state index is 12.2. The molecule has 0 spiro atoms. The minimum Gasteiger partial charge on any atom is -0.441 e. The quantitative estimate of drug-likeness (QED) is 0.800. The van der Waals surface area contributed by atoms with Crippen molar-refractivity contribution in [1.82, 2.24) is 9.97 Å². The molecule has 0 atom stereocenters. The number of oxazole rings is 1. The van der Waals surface area contributed by atoms with Crippen molar-refractivity contribution in [3.05, 3.63) is 65.8 Å². The van der Waals surface area contributed by atoms with E-state index in [1.54, 1.807) is 12.4 Å². The van der Waals surface area contributed by atoms with E-state index < -0.39 is 0 Å². The van der Waals surface area contributed by atoms with Gasteiger partial charge in [-0.1, -0.05) is 18.2 Å². The first-order chi connectivity index (χ1) is 11.1. The van der Waals surface area contributed by atoms with Gasteiger partial charge >= 0.3 is 0 Å². The second-order valence-electron chi connectivity index (χ2n) is 5.30. The van der Waals surface area contributed by atoms with Crippen molar-refractivity contribution in [2.45, 2.75) is 20.3 Å². The second kappa shape index (κ2) is 6.44. The largest absolute Gasteiger partial charge is 0.441 e. The van der Waals surface area contributed by atoms with Gasteiger partial charge in [0.2, 0.25) is 11.8 Å². The highest BCUT2D eigenvalue weighted by Crippen LogP contribution is 2.21. The number of benzene rings is 1. The van der Waals surface area contributed by atoms with Gasteiger partial charge in [0.25, 0.3) is 0 Å². The molecule has 0 saturated carbocycles. The minimum absolute atomic E-state index is 0.117. The van der Waals surface area contributed by atoms with Crippen molar-refractivity contribution in [1.29, 1.82) is 0 Å². The van der Waals surface area contributed by atoms with Crippen LogP contribution in [0.2, 0.25) is 0 Å². The highest BCUT2D eigenvalue weighted by molar-refractivity contribution is 5.92. The van der Waals surface area contributed by atoms with Crippen LogP contribution in [0.4, 0.5) is 5.69 Å². The van der Waals surface area contributed by atoms with Gasteiger partial charge < -0.3 is 9.73 Å². The van der Waals surface area contributed by atoms with E-state index in [-0.39, 0.29) is 12.3 Å². The molecule has 5 nitrogen and oxygen atoms in total. The lowest BCUT2D eigenvalue weighted by Gasteiger charge is -2.07. The standard InChI is InChI=1S/C18H17N3O2/c1-12-6-3-4-8-15(12)20-17(22)10-16-13(2)23-18(21-16)14-7-5-9-19-11-14/h3-9,11H,10H2,1-2H3,(H,20,22). The van der Waals surface area contributed by atoms with Crippen LogP contribution in [-0.4, -0.2) is 15.9 Å². The Morgan fingerprint density at radius 3 is 2.74 bits per heavy atom. The Bertz CT molecular complexity index is 825. The first kappa shape index (κ1) is 15.0. The number of nitrogens with one attached hydrogen (secondary N) is 1. The van der Waals surface area contributed by atoms with Crippen molar-refractivity contribution >= 4 is 11.6 Å². The topological polar surface area (TPSA) is 68.0 Å². The molecule has 0 unspecified atom stereocenters. The number of pyridine rings is 1. The van der Waals surface area contributed by atoms with E-state index in [1.165, 1.54) is 0 Å². The van der Waals surface area contributed by atoms with Crippen molar-refractivity contribution in [2.75, 3.05) is 5.32 Å². The van der Waals surface area contributed by atoms with Gasteiger partial charge in [-0.25, -0.2) is 4.98 Å². The third-order valence-corrected chi connectivity index (χ3v) is 3.55. The molecule has 0 fully saturated rings. The van der Waals surface area contributed by atoms with E-state index in [4.69, 9.17) is 4.42 Å². The van der Waals surface area contributed by atoms with E-state index in [1.807, 2.05) is 50.2 Å². The molecule has 0 aliphatic carbocycles. The van der Waals surface area contributed by atoms with Gasteiger partial charge in [0, 0.05) is 18.1 Å². The van der Waals surface area contributed by atoms with Crippen LogP contribution in [-0.2, 0) is 11.2 Å². The lowest BCUT2D eigenvalue weighted by atomic mass is 10.2. The molecule has 1 N–H and O–H groups in total. The van der Waals surface area contributed by atoms with E-state index in [0.29, 0.717) is 17.3 Å². The van der Waals surface area contributed by atoms with Crippen LogP contribution in [0.5, 0.6) is 0 Å². The fourth-order valence-corrected chi connectivity index (χ4v) is 2.26. The zero-order valence-corrected chi connectivity index (χ0v) is 13.0. The lowest BCUT2D eigenvalue weighted by Crippen LogP contribution is -2.15. The number of aromatic nitrogens is 2. The summed E-state index contributed by atoms with van der Waals surface area (Å²) in [6.07, 6.45) is 3.54. The first-order valence-corrected chi connectivity index (χ1v) is 7.35. The molecule has 2 aromatic heterocycles. The van der Waals surface area contributed by atoms with Crippen LogP contribution in [0, 0.1) is 13.8 Å². The van der Waals surface area contributed by atoms with Gasteiger partial charge in [0.05, 0.1) is 17.7 Å². The summed E-state index contributed by atoms with van der Waals surface area (Å²) >= 11 is 0. The van der Waals surface area contributed by atoms with Gasteiger partial charge in [-0.05, 0) is 37.6 Å². The van der Waals surface area contributed by atoms with E-state index in [9.17, 15) is 4.79 Å². The third kappa shape index (κ3) is 3.45. The van der Waals surface area contributed by atoms with Crippen LogP contribution in [0.25, 0.3) is 11.5 Å². The maximum Gasteiger partial charge on any atom is 0.230 e. The Balaban J connectivity index is 1.74. The second-order valence-corrected chi connectivity index (χ2v) is 5.30. The molecular formula is C18H17N3O2. The Kier molecular flexibility index (Phi) is 4.19. The van der Waals surface area contributed by atoms with Crippen LogP contribution < -0.4 is 5.32 Å². The third-order valence-electron chi connectivity index (χ3n) is 3.55. The summed E-state index contributed by atoms with van der Waals surface area (Å²) in [5.74, 6) is 1.01. The van der Waals surface area contributed by atoms with Gasteiger partial charge in [-0.3, -0.25) is 9.78 Å². The molecule has 0 saturated heterocycles. The summed E-state index contributed by atoms with van der Waals surface area (Å²) in [6.45, 7) is 3.76. The van der Waals surface area contributed by atoms with Crippen LogP contribution in [0.3, 0.4) is 0 Å². The summed E-state index contributed by atoms with van der Waals surface area (Å²) in [5.41, 5.74) is 3.26. The molecule has 3 aromatic rings. The van der Waals surface area contributed by atoms with Crippen molar-refractivity contribution < 1.29 is 9.21 Å². The van der Waals surface area contributed by atoms with Gasteiger partial charge in [0.15, 0.2) is 0 Å². The zero-order chi connectivity index (χ0) is 16.2. The molecular weight excluding hydrogens is 290 g/mol. The Labute approximate surface area is 134 Å². The Morgan fingerprint density at radius 1 is 1.17 bits per heavy atom. The van der Waals surface area contributed by atoms with Crippen molar-refractivity contribution in [2.24, 2.45) is 0 Å². The number of nitrogens with zero attached hydrogens (tertiary/aromatic N) is 2. The number of rotatable bonds is 4. The highest BCUT2D eigenvalue weighted by Gasteiger charge is 2.15. The number of hydrogen-bond donors (Lipinski definition) is 1. The van der Waals surface area contributed by atoms with E-state index in [2.05, 4.69) is 15.3 Å². The molecule has 0 aliphatic heterocycles.